The van der Waals surface area contributed by atoms with Crippen LogP contribution in [-0.2, 0) is 22.6 Å². The average Bonchev–Trinajstić information content (AvgIpc) is 2.66. The van der Waals surface area contributed by atoms with Crippen LogP contribution in [0.5, 0.6) is 0 Å². The first-order valence-electron chi connectivity index (χ1n) is 8.36. The second-order valence-electron chi connectivity index (χ2n) is 5.56. The molecule has 0 atom stereocenters. The van der Waals surface area contributed by atoms with E-state index in [0.717, 1.165) is 11.1 Å². The smallest absolute Gasteiger partial charge is 0.269 e. The molecule has 0 spiro atoms. The summed E-state index contributed by atoms with van der Waals surface area (Å²) in [4.78, 5) is 22.3. The van der Waals surface area contributed by atoms with Gasteiger partial charge in [0, 0.05) is 30.8 Å². The lowest BCUT2D eigenvalue weighted by Gasteiger charge is -2.08. The van der Waals surface area contributed by atoms with Crippen LogP contribution in [0.3, 0.4) is 0 Å². The molecule has 0 aromatic heterocycles. The Labute approximate surface area is 152 Å². The summed E-state index contributed by atoms with van der Waals surface area (Å²) in [5.41, 5.74) is 2.30. The first-order valence-corrected chi connectivity index (χ1v) is 8.36. The van der Waals surface area contributed by atoms with Gasteiger partial charge in [-0.1, -0.05) is 24.3 Å². The molecule has 1 N–H and O–H groups in total. The van der Waals surface area contributed by atoms with Gasteiger partial charge in [-0.15, -0.1) is 0 Å². The number of carbonyl (C=O) groups excluding carboxylic acids is 1. The second-order valence-corrected chi connectivity index (χ2v) is 5.56. The van der Waals surface area contributed by atoms with Crippen molar-refractivity contribution in [2.45, 2.75) is 20.1 Å². The quantitative estimate of drug-likeness (QED) is 0.400. The van der Waals surface area contributed by atoms with Crippen LogP contribution in [0.2, 0.25) is 0 Å². The van der Waals surface area contributed by atoms with Crippen molar-refractivity contribution in [3.63, 3.8) is 0 Å². The molecule has 0 aliphatic rings. The lowest BCUT2D eigenvalue weighted by Crippen LogP contribution is -2.22. The summed E-state index contributed by atoms with van der Waals surface area (Å²) in [5.74, 6) is -0.279. The molecule has 0 aliphatic heterocycles. The third kappa shape index (κ3) is 6.27. The van der Waals surface area contributed by atoms with Crippen molar-refractivity contribution in [2.75, 3.05) is 19.8 Å². The van der Waals surface area contributed by atoms with Gasteiger partial charge in [0.1, 0.15) is 0 Å². The van der Waals surface area contributed by atoms with E-state index in [9.17, 15) is 14.9 Å². The second kappa shape index (κ2) is 10.3. The van der Waals surface area contributed by atoms with Crippen molar-refractivity contribution in [1.82, 2.24) is 5.32 Å². The SMILES string of the molecule is CCOCCOCc1cccc(CNC(=O)c2ccc([N+](=O)[O-])cc2)c1. The number of nitrogens with zero attached hydrogens (tertiary/aromatic N) is 1. The molecule has 7 nitrogen and oxygen atoms in total. The highest BCUT2D eigenvalue weighted by atomic mass is 16.6. The molecular formula is C19H22N2O5. The lowest BCUT2D eigenvalue weighted by molar-refractivity contribution is -0.384. The Hall–Kier alpha value is -2.77. The van der Waals surface area contributed by atoms with Crippen molar-refractivity contribution < 1.29 is 19.2 Å². The molecule has 0 fully saturated rings. The standard InChI is InChI=1S/C19H22N2O5/c1-2-25-10-11-26-14-16-5-3-4-15(12-16)13-20-19(22)17-6-8-18(9-7-17)21(23)24/h3-9,12H,2,10-11,13-14H2,1H3,(H,20,22). The Morgan fingerprint density at radius 3 is 2.46 bits per heavy atom. The fourth-order valence-corrected chi connectivity index (χ4v) is 2.30. The Morgan fingerprint density at radius 2 is 1.77 bits per heavy atom. The number of rotatable bonds is 10. The van der Waals surface area contributed by atoms with Crippen LogP contribution >= 0.6 is 0 Å². The van der Waals surface area contributed by atoms with Crippen molar-refractivity contribution in [1.29, 1.82) is 0 Å². The summed E-state index contributed by atoms with van der Waals surface area (Å²) in [7, 11) is 0. The molecule has 26 heavy (non-hydrogen) atoms. The van der Waals surface area contributed by atoms with Gasteiger partial charge < -0.3 is 14.8 Å². The summed E-state index contributed by atoms with van der Waals surface area (Å²) < 4.78 is 10.7. The number of nitrogens with one attached hydrogen (secondary N) is 1. The normalized spacial score (nSPS) is 10.5. The number of carbonyl (C=O) groups is 1. The van der Waals surface area contributed by atoms with Crippen LogP contribution in [0.1, 0.15) is 28.4 Å². The molecule has 7 heteroatoms. The Balaban J connectivity index is 1.83. The summed E-state index contributed by atoms with van der Waals surface area (Å²) in [5, 5.41) is 13.4. The van der Waals surface area contributed by atoms with Gasteiger partial charge in [-0.3, -0.25) is 14.9 Å². The molecule has 0 heterocycles. The predicted octanol–water partition coefficient (Wildman–Crippen LogP) is 3.08. The number of amides is 1. The minimum atomic E-state index is -0.496. The minimum Gasteiger partial charge on any atom is -0.379 e. The largest absolute Gasteiger partial charge is 0.379 e. The van der Waals surface area contributed by atoms with E-state index in [2.05, 4.69) is 5.32 Å². The van der Waals surface area contributed by atoms with E-state index in [4.69, 9.17) is 9.47 Å². The number of ether oxygens (including phenoxy) is 2. The molecule has 138 valence electrons. The fraction of sp³-hybridized carbons (Fsp3) is 0.316. The molecule has 0 bridgehead atoms. The zero-order valence-corrected chi connectivity index (χ0v) is 14.6. The highest BCUT2D eigenvalue weighted by Crippen LogP contribution is 2.12. The van der Waals surface area contributed by atoms with E-state index in [-0.39, 0.29) is 11.6 Å². The Morgan fingerprint density at radius 1 is 1.08 bits per heavy atom. The lowest BCUT2D eigenvalue weighted by atomic mass is 10.1. The van der Waals surface area contributed by atoms with Gasteiger partial charge in [0.15, 0.2) is 0 Å². The van der Waals surface area contributed by atoms with Crippen LogP contribution in [0.15, 0.2) is 48.5 Å². The molecule has 0 saturated carbocycles. The Bertz CT molecular complexity index is 731. The van der Waals surface area contributed by atoms with Gasteiger partial charge in [0.05, 0.1) is 24.7 Å². The van der Waals surface area contributed by atoms with Crippen LogP contribution in [0.25, 0.3) is 0 Å². The maximum atomic E-state index is 12.1. The molecule has 0 aliphatic carbocycles. The third-order valence-corrected chi connectivity index (χ3v) is 3.63. The number of hydrogen-bond acceptors (Lipinski definition) is 5. The van der Waals surface area contributed by atoms with E-state index in [1.807, 2.05) is 31.2 Å². The number of benzene rings is 2. The zero-order chi connectivity index (χ0) is 18.8. The average molecular weight is 358 g/mol. The summed E-state index contributed by atoms with van der Waals surface area (Å²) in [6, 6.07) is 13.3. The minimum absolute atomic E-state index is 0.0430. The number of nitro groups is 1. The van der Waals surface area contributed by atoms with Gasteiger partial charge >= 0.3 is 0 Å². The van der Waals surface area contributed by atoms with Crippen LogP contribution in [0, 0.1) is 10.1 Å². The van der Waals surface area contributed by atoms with Gasteiger partial charge in [-0.2, -0.15) is 0 Å². The summed E-state index contributed by atoms with van der Waals surface area (Å²) in [6.45, 7) is 4.57. The monoisotopic (exact) mass is 358 g/mol. The highest BCUT2D eigenvalue weighted by molar-refractivity contribution is 5.94. The van der Waals surface area contributed by atoms with Crippen molar-refractivity contribution in [2.24, 2.45) is 0 Å². The Kier molecular flexibility index (Phi) is 7.73. The topological polar surface area (TPSA) is 90.7 Å². The van der Waals surface area contributed by atoms with Crippen molar-refractivity contribution >= 4 is 11.6 Å². The van der Waals surface area contributed by atoms with Gasteiger partial charge in [0.2, 0.25) is 0 Å². The molecule has 2 rings (SSSR count). The number of hydrogen-bond donors (Lipinski definition) is 1. The molecule has 0 saturated heterocycles. The molecule has 2 aromatic rings. The van der Waals surface area contributed by atoms with Crippen molar-refractivity contribution in [3.8, 4) is 0 Å². The third-order valence-electron chi connectivity index (χ3n) is 3.63. The molecular weight excluding hydrogens is 336 g/mol. The molecule has 0 radical (unpaired) electrons. The van der Waals surface area contributed by atoms with E-state index >= 15 is 0 Å². The van der Waals surface area contributed by atoms with Crippen molar-refractivity contribution in [3.05, 3.63) is 75.3 Å². The van der Waals surface area contributed by atoms with E-state index in [1.165, 1.54) is 24.3 Å². The van der Waals surface area contributed by atoms with E-state index < -0.39 is 4.92 Å². The predicted molar refractivity (Wildman–Crippen MR) is 96.9 cm³/mol. The molecule has 0 unspecified atom stereocenters. The molecule has 2 aromatic carbocycles. The highest BCUT2D eigenvalue weighted by Gasteiger charge is 2.09. The number of non-ortho nitro benzene ring substituents is 1. The van der Waals surface area contributed by atoms with E-state index in [0.29, 0.717) is 38.5 Å². The maximum absolute atomic E-state index is 12.1. The van der Waals surface area contributed by atoms with Gasteiger partial charge in [0.25, 0.3) is 11.6 Å². The summed E-state index contributed by atoms with van der Waals surface area (Å²) in [6.07, 6.45) is 0. The number of nitro benzene ring substituents is 1. The fourth-order valence-electron chi connectivity index (χ4n) is 2.30. The van der Waals surface area contributed by atoms with Gasteiger partial charge in [-0.25, -0.2) is 0 Å². The maximum Gasteiger partial charge on any atom is 0.269 e. The zero-order valence-electron chi connectivity index (χ0n) is 14.6. The van der Waals surface area contributed by atoms with Crippen LogP contribution in [0.4, 0.5) is 5.69 Å². The van der Waals surface area contributed by atoms with Crippen LogP contribution in [-0.4, -0.2) is 30.7 Å². The first-order chi connectivity index (χ1) is 12.6. The van der Waals surface area contributed by atoms with E-state index in [1.54, 1.807) is 0 Å². The van der Waals surface area contributed by atoms with Crippen LogP contribution < -0.4 is 5.32 Å². The molecule has 1 amide bonds. The summed E-state index contributed by atoms with van der Waals surface area (Å²) >= 11 is 0. The van der Waals surface area contributed by atoms with Gasteiger partial charge in [-0.05, 0) is 30.2 Å². The first kappa shape index (κ1) is 19.6.